The number of carbonyl (C=O) groups is 1. The number of hydrogen-bond acceptors (Lipinski definition) is 4. The van der Waals surface area contributed by atoms with Crippen LogP contribution in [-0.4, -0.2) is 40.5 Å². The number of rotatable bonds is 17. The van der Waals surface area contributed by atoms with Gasteiger partial charge in [-0.25, -0.2) is 4.79 Å². The summed E-state index contributed by atoms with van der Waals surface area (Å²) >= 11 is 0.0736. The molecule has 0 aliphatic carbocycles. The molecule has 156 valence electrons. The molecule has 0 saturated heterocycles. The van der Waals surface area contributed by atoms with E-state index in [0.29, 0.717) is 13.2 Å². The second kappa shape index (κ2) is 27.2. The van der Waals surface area contributed by atoms with Crippen molar-refractivity contribution in [1.29, 1.82) is 0 Å². The van der Waals surface area contributed by atoms with Crippen LogP contribution in [0.5, 0.6) is 0 Å². The van der Waals surface area contributed by atoms with E-state index in [1.807, 2.05) is 0 Å². The van der Waals surface area contributed by atoms with Gasteiger partial charge in [-0.2, -0.15) is 4.89 Å². The zero-order valence-corrected chi connectivity index (χ0v) is 20.8. The zero-order valence-electron chi connectivity index (χ0n) is 17.9. The van der Waals surface area contributed by atoms with Crippen molar-refractivity contribution < 1.29 is 19.3 Å². The third kappa shape index (κ3) is 28.8. The fraction of sp³-hybridized carbons (Fsp3) is 0.952. The first-order valence-corrected chi connectivity index (χ1v) is 14.9. The topological polar surface area (TPSA) is 44.8 Å². The van der Waals surface area contributed by atoms with Gasteiger partial charge >= 0.3 is 127 Å². The molecule has 0 amide bonds. The van der Waals surface area contributed by atoms with E-state index in [1.165, 1.54) is 64.2 Å². The van der Waals surface area contributed by atoms with E-state index in [9.17, 15) is 4.79 Å². The summed E-state index contributed by atoms with van der Waals surface area (Å²) in [6, 6.07) is 0. The Balaban J connectivity index is 0. The summed E-state index contributed by atoms with van der Waals surface area (Å²) in [7, 11) is 0. The Labute approximate surface area is 173 Å². The third-order valence-corrected chi connectivity index (χ3v) is 7.96. The first kappa shape index (κ1) is 28.2. The fourth-order valence-electron chi connectivity index (χ4n) is 2.43. The Kier molecular flexibility index (Phi) is 29.6. The van der Waals surface area contributed by atoms with Gasteiger partial charge in [-0.3, -0.25) is 4.89 Å². The molecular weight excluding hydrogens is 435 g/mol. The Morgan fingerprint density at radius 2 is 1.12 bits per heavy atom. The molecule has 0 aromatic carbocycles. The van der Waals surface area contributed by atoms with E-state index >= 15 is 0 Å². The summed E-state index contributed by atoms with van der Waals surface area (Å²) in [5.41, 5.74) is 0. The average Bonchev–Trinajstić information content (AvgIpc) is 2.64. The first-order valence-electron chi connectivity index (χ1n) is 10.9. The molecule has 0 bridgehead atoms. The van der Waals surface area contributed by atoms with Crippen LogP contribution in [0.25, 0.3) is 0 Å². The van der Waals surface area contributed by atoms with Gasteiger partial charge in [0.25, 0.3) is 0 Å². The molecule has 0 saturated carbocycles. The maximum atomic E-state index is 10.2. The van der Waals surface area contributed by atoms with Gasteiger partial charge in [0, 0.05) is 0 Å². The molecule has 2 radical (unpaired) electrons. The van der Waals surface area contributed by atoms with Gasteiger partial charge in [0.05, 0.1) is 13.2 Å². The summed E-state index contributed by atoms with van der Waals surface area (Å²) in [6.45, 7) is 8.63. The second-order valence-corrected chi connectivity index (χ2v) is 10.7. The van der Waals surface area contributed by atoms with E-state index in [-0.39, 0.29) is 21.1 Å². The van der Waals surface area contributed by atoms with Crippen LogP contribution in [0.15, 0.2) is 0 Å². The molecule has 0 rings (SSSR count). The molecule has 0 aromatic rings. The molecule has 0 atom stereocenters. The van der Waals surface area contributed by atoms with Crippen molar-refractivity contribution in [3.63, 3.8) is 0 Å². The molecule has 0 aliphatic heterocycles. The Bertz CT molecular complexity index is 248. The molecule has 26 heavy (non-hydrogen) atoms. The van der Waals surface area contributed by atoms with Crippen molar-refractivity contribution in [2.75, 3.05) is 13.2 Å². The van der Waals surface area contributed by atoms with Crippen molar-refractivity contribution in [3.8, 4) is 0 Å². The molecule has 0 aromatic heterocycles. The summed E-state index contributed by atoms with van der Waals surface area (Å²) in [5.74, 6) is 0. The van der Waals surface area contributed by atoms with Crippen LogP contribution in [0.1, 0.15) is 105 Å². The van der Waals surface area contributed by atoms with E-state index in [1.54, 1.807) is 35.6 Å². The Morgan fingerprint density at radius 1 is 0.654 bits per heavy atom. The summed E-state index contributed by atoms with van der Waals surface area (Å²) in [4.78, 5) is 18.6. The van der Waals surface area contributed by atoms with Gasteiger partial charge in [0.2, 0.25) is 0 Å². The predicted molar refractivity (Wildman–Crippen MR) is 112 cm³/mol. The van der Waals surface area contributed by atoms with Crippen molar-refractivity contribution in [3.05, 3.63) is 0 Å². The summed E-state index contributed by atoms with van der Waals surface area (Å²) < 4.78 is 7.67. The normalized spacial score (nSPS) is 10.2. The Morgan fingerprint density at radius 3 is 1.54 bits per heavy atom. The molecule has 0 unspecified atom stereocenters. The quantitative estimate of drug-likeness (QED) is 0.0719. The van der Waals surface area contributed by atoms with Crippen LogP contribution in [0.4, 0.5) is 4.79 Å². The largest absolute Gasteiger partial charge is 0.540 e. The number of carbonyl (C=O) groups excluding carboxylic acids is 1. The van der Waals surface area contributed by atoms with Gasteiger partial charge in [0.1, 0.15) is 0 Å². The van der Waals surface area contributed by atoms with Gasteiger partial charge in [-0.15, -0.1) is 0 Å². The minimum atomic E-state index is -0.792. The Hall–Kier alpha value is 0.0287. The van der Waals surface area contributed by atoms with Gasteiger partial charge in [-0.1, -0.05) is 0 Å². The van der Waals surface area contributed by atoms with Gasteiger partial charge in [0.15, 0.2) is 0 Å². The molecular formula is C21H44O4Sn. The van der Waals surface area contributed by atoms with Crippen molar-refractivity contribution >= 4 is 27.3 Å². The standard InChI is InChI=1S/2C8H17.C5H10O4.Sn/c2*1-3-5-7-8-6-4-2;1-3-7-5(6)9-8-4-2;/h2*1,3-8H2,2H3;3-4H2,1-2H3;. The van der Waals surface area contributed by atoms with Crippen LogP contribution in [0, 0.1) is 0 Å². The monoisotopic (exact) mass is 480 g/mol. The van der Waals surface area contributed by atoms with Crippen LogP contribution >= 0.6 is 0 Å². The molecule has 0 spiro atoms. The van der Waals surface area contributed by atoms with Crippen LogP contribution in [-0.2, 0) is 14.5 Å². The summed E-state index contributed by atoms with van der Waals surface area (Å²) in [5, 5.41) is 0. The first-order chi connectivity index (χ1) is 12.7. The number of ether oxygens (including phenoxy) is 1. The maximum absolute atomic E-state index is 10.2. The molecule has 0 aliphatic rings. The maximum Gasteiger partial charge on any atom is 0.540 e. The van der Waals surface area contributed by atoms with E-state index < -0.39 is 6.16 Å². The van der Waals surface area contributed by atoms with Crippen LogP contribution < -0.4 is 0 Å². The summed E-state index contributed by atoms with van der Waals surface area (Å²) in [6.07, 6.45) is 17.0. The fourth-order valence-corrected chi connectivity index (χ4v) is 6.00. The van der Waals surface area contributed by atoms with E-state index in [2.05, 4.69) is 28.4 Å². The van der Waals surface area contributed by atoms with Crippen molar-refractivity contribution in [2.45, 2.75) is 114 Å². The molecule has 4 nitrogen and oxygen atoms in total. The second-order valence-electron chi connectivity index (χ2n) is 6.46. The number of hydrogen-bond donors (Lipinski definition) is 0. The predicted octanol–water partition coefficient (Wildman–Crippen LogP) is 7.36. The van der Waals surface area contributed by atoms with Crippen LogP contribution in [0.3, 0.4) is 0 Å². The zero-order chi connectivity index (χ0) is 19.7. The third-order valence-electron chi connectivity index (χ3n) is 3.92. The minimum absolute atomic E-state index is 0.0736. The van der Waals surface area contributed by atoms with Crippen molar-refractivity contribution in [2.24, 2.45) is 0 Å². The SMILES string of the molecule is CCCCCCC[CH2][Sn][CH2]CCCCCCC.CCOOC(=O)OCC. The number of unbranched alkanes of at least 4 members (excludes halogenated alkanes) is 10. The average molecular weight is 479 g/mol. The molecule has 5 heteroatoms. The van der Waals surface area contributed by atoms with E-state index in [0.717, 1.165) is 0 Å². The van der Waals surface area contributed by atoms with Gasteiger partial charge in [-0.05, 0) is 13.8 Å². The minimum Gasteiger partial charge on any atom is -0.433 e. The van der Waals surface area contributed by atoms with E-state index in [4.69, 9.17) is 0 Å². The molecule has 0 N–H and O–H groups in total. The van der Waals surface area contributed by atoms with Gasteiger partial charge < -0.3 is 4.74 Å². The van der Waals surface area contributed by atoms with Crippen molar-refractivity contribution in [1.82, 2.24) is 0 Å². The molecule has 0 heterocycles. The van der Waals surface area contributed by atoms with Crippen LogP contribution in [0.2, 0.25) is 8.87 Å². The smallest absolute Gasteiger partial charge is 0.433 e. The molecule has 0 fully saturated rings.